The molecule has 0 spiro atoms. The number of nitrogens with zero attached hydrogens (tertiary/aromatic N) is 2. The molecule has 0 aromatic heterocycles. The number of aliphatic hydroxyl groups excluding tert-OH is 2. The summed E-state index contributed by atoms with van der Waals surface area (Å²) in [4.78, 5) is 36.2. The van der Waals surface area contributed by atoms with Crippen molar-refractivity contribution in [3.63, 3.8) is 0 Å². The van der Waals surface area contributed by atoms with Gasteiger partial charge in [0.15, 0.2) is 0 Å². The second-order valence-corrected chi connectivity index (χ2v) is 16.8. The summed E-state index contributed by atoms with van der Waals surface area (Å²) in [5, 5.41) is 29.5. The third kappa shape index (κ3) is 8.38. The Morgan fingerprint density at radius 1 is 1.06 bits per heavy atom. The van der Waals surface area contributed by atoms with E-state index in [0.717, 1.165) is 42.5 Å². The maximum absolute atomic E-state index is 14.2. The highest BCUT2D eigenvalue weighted by Crippen LogP contribution is 2.61. The van der Waals surface area contributed by atoms with Crippen LogP contribution in [0.5, 0.6) is 5.75 Å². The molecule has 7 rings (SSSR count). The average molecular weight is 741 g/mol. The van der Waals surface area contributed by atoms with Gasteiger partial charge in [-0.3, -0.25) is 14.4 Å². The van der Waals surface area contributed by atoms with E-state index in [1.165, 1.54) is 12.0 Å². The number of aliphatic hydroxyl groups is 2. The van der Waals surface area contributed by atoms with Gasteiger partial charge >= 0.3 is 0 Å². The fourth-order valence-corrected chi connectivity index (χ4v) is 9.56. The lowest BCUT2D eigenvalue weighted by Gasteiger charge is -2.62. The predicted molar refractivity (Wildman–Crippen MR) is 211 cm³/mol. The van der Waals surface area contributed by atoms with Crippen LogP contribution in [-0.4, -0.2) is 96.7 Å². The number of carbonyl (C=O) groups excluding carboxylic acids is 2. The van der Waals surface area contributed by atoms with E-state index < -0.39 is 24.2 Å². The number of amides is 2. The van der Waals surface area contributed by atoms with E-state index in [9.17, 15) is 19.8 Å². The summed E-state index contributed by atoms with van der Waals surface area (Å²) in [6, 6.07) is 22.8. The minimum Gasteiger partial charge on any atom is -0.496 e. The molecule has 4 fully saturated rings. The highest BCUT2D eigenvalue weighted by Gasteiger charge is 2.57. The topological polar surface area (TPSA) is 124 Å². The van der Waals surface area contributed by atoms with Gasteiger partial charge in [-0.1, -0.05) is 81.4 Å². The van der Waals surface area contributed by atoms with Crippen LogP contribution in [0.25, 0.3) is 11.1 Å². The minimum atomic E-state index is -0.892. The molecular weight excluding hydrogens is 681 g/mol. The molecule has 292 valence electrons. The molecule has 10 nitrogen and oxygen atoms in total. The molecule has 2 bridgehead atoms. The maximum atomic E-state index is 14.2. The lowest BCUT2D eigenvalue weighted by atomic mass is 9.45. The molecule has 10 heteroatoms. The number of aryl methyl sites for hydroxylation is 1. The van der Waals surface area contributed by atoms with Gasteiger partial charge in [0.2, 0.25) is 5.91 Å². The van der Waals surface area contributed by atoms with E-state index in [1.54, 1.807) is 19.1 Å². The second kappa shape index (κ2) is 16.9. The fraction of sp³-hybridized carbons (Fsp3) is 0.545. The van der Waals surface area contributed by atoms with Crippen LogP contribution in [0.15, 0.2) is 72.8 Å². The first-order chi connectivity index (χ1) is 25.8. The summed E-state index contributed by atoms with van der Waals surface area (Å²) in [6.07, 6.45) is 2.18. The number of hydrogen-bond acceptors (Lipinski definition) is 8. The predicted octanol–water partition coefficient (Wildman–Crippen LogP) is 5.32. The molecule has 1 saturated heterocycles. The van der Waals surface area contributed by atoms with Crippen molar-refractivity contribution < 1.29 is 29.4 Å². The first kappa shape index (κ1) is 39.9. The molecule has 3 aliphatic carbocycles. The molecule has 0 unspecified atom stereocenters. The number of nitrogens with one attached hydrogen (secondary N) is 2. The van der Waals surface area contributed by atoms with E-state index in [0.29, 0.717) is 29.1 Å². The summed E-state index contributed by atoms with van der Waals surface area (Å²) >= 11 is 0. The standard InChI is InChI=1S/C44H60N4O6/c1-27-36-22-33(44(36,3)4)23-37(27)46-43(52)40-39(28(2)50)38(26-49)54-48(40)24-32-17-12-18-35(41(32)53-7)30-15-11-16-31(21-30)42(51)45-34(25-47(5)6)20-19-29-13-9-8-10-14-29/h8-18,21,27-28,33-34,36-40,49-50H,19-20,22-26H2,1-7H3,(H,45,51)(H,46,52)/t27-,28-,33+,34-,36-,37-,38-,39-,40-/m0/s1. The molecule has 54 heavy (non-hydrogen) atoms. The molecule has 4 N–H and O–H groups in total. The fourth-order valence-electron chi connectivity index (χ4n) is 9.56. The number of likely N-dealkylation sites (N-methyl/N-ethyl adjacent to an activating group) is 1. The van der Waals surface area contributed by atoms with Crippen molar-refractivity contribution >= 4 is 11.8 Å². The minimum absolute atomic E-state index is 0.0353. The van der Waals surface area contributed by atoms with E-state index in [4.69, 9.17) is 9.57 Å². The van der Waals surface area contributed by atoms with Crippen LogP contribution in [0.1, 0.15) is 68.4 Å². The zero-order chi connectivity index (χ0) is 38.7. The summed E-state index contributed by atoms with van der Waals surface area (Å²) in [5.74, 6) is 1.10. The molecule has 1 aliphatic heterocycles. The van der Waals surface area contributed by atoms with Gasteiger partial charge in [-0.2, -0.15) is 5.06 Å². The number of methoxy groups -OCH3 is 1. The van der Waals surface area contributed by atoms with E-state index >= 15 is 0 Å². The van der Waals surface area contributed by atoms with Crippen LogP contribution >= 0.6 is 0 Å². The summed E-state index contributed by atoms with van der Waals surface area (Å²) in [6.45, 7) is 9.13. The van der Waals surface area contributed by atoms with Gasteiger partial charge in [0.1, 0.15) is 17.9 Å². The van der Waals surface area contributed by atoms with Crippen LogP contribution in [0.4, 0.5) is 0 Å². The Bertz CT molecular complexity index is 1750. The van der Waals surface area contributed by atoms with E-state index in [1.807, 2.05) is 74.8 Å². The Hall–Kier alpha value is -3.80. The third-order valence-corrected chi connectivity index (χ3v) is 12.7. The van der Waals surface area contributed by atoms with Crippen molar-refractivity contribution in [2.24, 2.45) is 29.1 Å². The van der Waals surface area contributed by atoms with Crippen molar-refractivity contribution in [3.8, 4) is 16.9 Å². The first-order valence-corrected chi connectivity index (χ1v) is 19.6. The summed E-state index contributed by atoms with van der Waals surface area (Å²) in [7, 11) is 5.63. The van der Waals surface area contributed by atoms with Gasteiger partial charge in [0.25, 0.3) is 5.91 Å². The van der Waals surface area contributed by atoms with E-state index in [2.05, 4.69) is 48.4 Å². The largest absolute Gasteiger partial charge is 0.496 e. The lowest BCUT2D eigenvalue weighted by Crippen LogP contribution is -2.62. The van der Waals surface area contributed by atoms with Crippen molar-refractivity contribution in [1.29, 1.82) is 0 Å². The van der Waals surface area contributed by atoms with Crippen LogP contribution in [0.3, 0.4) is 0 Å². The zero-order valence-corrected chi connectivity index (χ0v) is 33.0. The number of hydroxylamine groups is 2. The molecule has 1 heterocycles. The number of hydrogen-bond donors (Lipinski definition) is 4. The molecule has 3 aromatic rings. The van der Waals surface area contributed by atoms with Crippen LogP contribution < -0.4 is 15.4 Å². The Kier molecular flexibility index (Phi) is 12.5. The molecule has 3 aromatic carbocycles. The SMILES string of the molecule is COc1c(CN2O[C@@H](CO)[C@H]([C@H](C)O)[C@H]2C(=O)N[C@H]2C[C@H]3C[C@@H]([C@@H]2C)C3(C)C)cccc1-c1cccc(C(=O)N[C@@H](CCc2ccccc2)CN(C)C)c1. The lowest BCUT2D eigenvalue weighted by molar-refractivity contribution is -0.183. The van der Waals surface area contributed by atoms with Gasteiger partial charge in [0, 0.05) is 41.2 Å². The second-order valence-electron chi connectivity index (χ2n) is 16.8. The van der Waals surface area contributed by atoms with Crippen LogP contribution in [-0.2, 0) is 22.6 Å². The van der Waals surface area contributed by atoms with E-state index in [-0.39, 0.29) is 42.5 Å². The number of benzene rings is 3. The van der Waals surface area contributed by atoms with Gasteiger partial charge in [0.05, 0.1) is 26.4 Å². The van der Waals surface area contributed by atoms with Gasteiger partial charge in [-0.05, 0) is 93.1 Å². The monoisotopic (exact) mass is 740 g/mol. The highest BCUT2D eigenvalue weighted by atomic mass is 16.7. The Balaban J connectivity index is 1.21. The number of fused-ring (bicyclic) bond motifs is 2. The zero-order valence-electron chi connectivity index (χ0n) is 33.0. The smallest absolute Gasteiger partial charge is 0.251 e. The average Bonchev–Trinajstić information content (AvgIpc) is 3.53. The molecule has 2 amide bonds. The van der Waals surface area contributed by atoms with Crippen molar-refractivity contribution in [2.75, 3.05) is 34.4 Å². The number of carbonyl (C=O) groups is 2. The Morgan fingerprint density at radius 3 is 2.44 bits per heavy atom. The Morgan fingerprint density at radius 2 is 1.80 bits per heavy atom. The van der Waals surface area contributed by atoms with Crippen molar-refractivity contribution in [3.05, 3.63) is 89.5 Å². The summed E-state index contributed by atoms with van der Waals surface area (Å²) in [5.41, 5.74) is 4.45. The maximum Gasteiger partial charge on any atom is 0.251 e. The third-order valence-electron chi connectivity index (χ3n) is 12.7. The van der Waals surface area contributed by atoms with Crippen LogP contribution in [0.2, 0.25) is 0 Å². The highest BCUT2D eigenvalue weighted by molar-refractivity contribution is 5.96. The van der Waals surface area contributed by atoms with Crippen molar-refractivity contribution in [1.82, 2.24) is 20.6 Å². The molecule has 9 atom stereocenters. The van der Waals surface area contributed by atoms with Gasteiger partial charge in [-0.25, -0.2) is 0 Å². The number of ether oxygens (including phenoxy) is 1. The van der Waals surface area contributed by atoms with Gasteiger partial charge in [-0.15, -0.1) is 0 Å². The number of rotatable bonds is 15. The summed E-state index contributed by atoms with van der Waals surface area (Å²) < 4.78 is 6.03. The Labute approximate surface area is 321 Å². The quantitative estimate of drug-likeness (QED) is 0.165. The molecule has 0 radical (unpaired) electrons. The van der Waals surface area contributed by atoms with Gasteiger partial charge < -0.3 is 30.5 Å². The molecule has 3 saturated carbocycles. The number of para-hydroxylation sites is 1. The van der Waals surface area contributed by atoms with Crippen molar-refractivity contribution in [2.45, 2.75) is 90.3 Å². The van der Waals surface area contributed by atoms with Crippen LogP contribution in [0, 0.1) is 29.1 Å². The molecule has 4 aliphatic rings. The normalized spacial score (nSPS) is 27.2. The first-order valence-electron chi connectivity index (χ1n) is 19.6. The molecular formula is C44H60N4O6.